The first kappa shape index (κ1) is 12.8. The third-order valence-electron chi connectivity index (χ3n) is 2.36. The minimum atomic E-state index is -0.551. The maximum Gasteiger partial charge on any atom is 0.339 e. The van der Waals surface area contributed by atoms with Gasteiger partial charge in [-0.05, 0) is 39.7 Å². The van der Waals surface area contributed by atoms with Crippen LogP contribution < -0.4 is 0 Å². The van der Waals surface area contributed by atoms with Gasteiger partial charge in [-0.2, -0.15) is 0 Å². The molecule has 0 N–H and O–H groups in total. The van der Waals surface area contributed by atoms with Crippen molar-refractivity contribution in [3.63, 3.8) is 0 Å². The van der Waals surface area contributed by atoms with E-state index in [1.165, 1.54) is 12.1 Å². The molecule has 0 saturated heterocycles. The molecule has 2 nitrogen and oxygen atoms in total. The lowest BCUT2D eigenvalue weighted by Crippen LogP contribution is -2.06. The van der Waals surface area contributed by atoms with E-state index in [2.05, 4.69) is 15.9 Å². The second-order valence-electron chi connectivity index (χ2n) is 3.69. The van der Waals surface area contributed by atoms with Gasteiger partial charge in [-0.25, -0.2) is 9.18 Å². The highest BCUT2D eigenvalue weighted by molar-refractivity contribution is 9.10. The highest BCUT2D eigenvalue weighted by Crippen LogP contribution is 2.19. The Balaban J connectivity index is 2.06. The van der Waals surface area contributed by atoms with Crippen molar-refractivity contribution in [3.05, 3.63) is 69.9 Å². The number of ether oxygens (including phenoxy) is 1. The molecular weight excluding hydrogens is 299 g/mol. The molecule has 0 atom stereocenters. The summed E-state index contributed by atoms with van der Waals surface area (Å²) in [5.74, 6) is -1.02. The zero-order valence-corrected chi connectivity index (χ0v) is 11.0. The average Bonchev–Trinajstić information content (AvgIpc) is 2.40. The molecule has 0 spiro atoms. The number of carbonyl (C=O) groups is 1. The van der Waals surface area contributed by atoms with Crippen LogP contribution in [-0.2, 0) is 11.3 Å². The molecule has 2 aromatic rings. The third kappa shape index (κ3) is 3.17. The van der Waals surface area contributed by atoms with E-state index in [1.807, 2.05) is 30.3 Å². The van der Waals surface area contributed by atoms with Crippen molar-refractivity contribution in [2.24, 2.45) is 0 Å². The number of esters is 1. The lowest BCUT2D eigenvalue weighted by Gasteiger charge is -2.06. The Morgan fingerprint density at radius 2 is 1.89 bits per heavy atom. The van der Waals surface area contributed by atoms with Gasteiger partial charge in [-0.15, -0.1) is 0 Å². The van der Waals surface area contributed by atoms with Crippen molar-refractivity contribution in [2.75, 3.05) is 0 Å². The van der Waals surface area contributed by atoms with Crippen LogP contribution in [0.25, 0.3) is 0 Å². The van der Waals surface area contributed by atoms with Gasteiger partial charge in [-0.1, -0.05) is 30.3 Å². The van der Waals surface area contributed by atoms with Crippen molar-refractivity contribution in [1.82, 2.24) is 0 Å². The van der Waals surface area contributed by atoms with Crippen LogP contribution in [0.2, 0.25) is 0 Å². The lowest BCUT2D eigenvalue weighted by molar-refractivity contribution is 0.0471. The molecular formula is C14H10BrFO2. The number of halogens is 2. The fourth-order valence-corrected chi connectivity index (χ4v) is 1.86. The van der Waals surface area contributed by atoms with Gasteiger partial charge in [-0.3, -0.25) is 0 Å². The molecule has 0 amide bonds. The summed E-state index contributed by atoms with van der Waals surface area (Å²) in [6.07, 6.45) is 0. The molecule has 0 aliphatic carbocycles. The summed E-state index contributed by atoms with van der Waals surface area (Å²) in [5, 5.41) is 0. The molecule has 4 heteroatoms. The smallest absolute Gasteiger partial charge is 0.339 e. The normalized spacial score (nSPS) is 10.1. The third-order valence-corrected chi connectivity index (χ3v) is 3.05. The molecule has 0 aliphatic rings. The van der Waals surface area contributed by atoms with Crippen molar-refractivity contribution in [3.8, 4) is 0 Å². The number of hydrogen-bond donors (Lipinski definition) is 0. The fraction of sp³-hybridized carbons (Fsp3) is 0.0714. The van der Waals surface area contributed by atoms with Crippen LogP contribution >= 0.6 is 15.9 Å². The van der Waals surface area contributed by atoms with Crippen LogP contribution in [0.4, 0.5) is 4.39 Å². The van der Waals surface area contributed by atoms with Gasteiger partial charge >= 0.3 is 5.97 Å². The van der Waals surface area contributed by atoms with Crippen LogP contribution in [0.1, 0.15) is 15.9 Å². The van der Waals surface area contributed by atoms with Crippen molar-refractivity contribution in [2.45, 2.75) is 6.61 Å². The quantitative estimate of drug-likeness (QED) is 0.803. The van der Waals surface area contributed by atoms with Crippen molar-refractivity contribution >= 4 is 21.9 Å². The minimum absolute atomic E-state index is 0.169. The summed E-state index contributed by atoms with van der Waals surface area (Å²) in [4.78, 5) is 11.8. The lowest BCUT2D eigenvalue weighted by atomic mass is 10.2. The molecule has 2 aromatic carbocycles. The Bertz CT molecular complexity index is 555. The first-order valence-corrected chi connectivity index (χ1v) is 6.12. The van der Waals surface area contributed by atoms with E-state index in [4.69, 9.17) is 4.74 Å². The number of hydrogen-bond acceptors (Lipinski definition) is 2. The molecule has 0 heterocycles. The van der Waals surface area contributed by atoms with Crippen LogP contribution in [-0.4, -0.2) is 5.97 Å². The monoisotopic (exact) mass is 308 g/mol. The van der Waals surface area contributed by atoms with E-state index in [1.54, 1.807) is 0 Å². The summed E-state index contributed by atoms with van der Waals surface area (Å²) in [5.41, 5.74) is 1.07. The summed E-state index contributed by atoms with van der Waals surface area (Å²) in [7, 11) is 0. The van der Waals surface area contributed by atoms with E-state index < -0.39 is 11.8 Å². The number of rotatable bonds is 3. The largest absolute Gasteiger partial charge is 0.457 e. The molecule has 0 unspecified atom stereocenters. The topological polar surface area (TPSA) is 26.3 Å². The highest BCUT2D eigenvalue weighted by atomic mass is 79.9. The average molecular weight is 309 g/mol. The molecule has 0 radical (unpaired) electrons. The predicted molar refractivity (Wildman–Crippen MR) is 69.7 cm³/mol. The molecule has 0 bridgehead atoms. The molecule has 0 aliphatic heterocycles. The fourth-order valence-electron chi connectivity index (χ4n) is 1.45. The van der Waals surface area contributed by atoms with Crippen LogP contribution in [0.15, 0.2) is 53.0 Å². The molecule has 0 aromatic heterocycles. The summed E-state index contributed by atoms with van der Waals surface area (Å²) in [6, 6.07) is 13.2. The maximum atomic E-state index is 13.0. The van der Waals surface area contributed by atoms with E-state index in [0.29, 0.717) is 4.47 Å². The first-order chi connectivity index (χ1) is 8.66. The predicted octanol–water partition coefficient (Wildman–Crippen LogP) is 3.95. The molecule has 0 saturated carbocycles. The standard InChI is InChI=1S/C14H10BrFO2/c15-13-7-6-11(16)8-12(13)14(17)18-9-10-4-2-1-3-5-10/h1-8H,9H2. The zero-order valence-electron chi connectivity index (χ0n) is 9.40. The number of benzene rings is 2. The SMILES string of the molecule is O=C(OCc1ccccc1)c1cc(F)ccc1Br. The minimum Gasteiger partial charge on any atom is -0.457 e. The Kier molecular flexibility index (Phi) is 4.10. The van der Waals surface area contributed by atoms with Gasteiger partial charge in [0.1, 0.15) is 12.4 Å². The summed E-state index contributed by atoms with van der Waals surface area (Å²) >= 11 is 3.19. The zero-order chi connectivity index (χ0) is 13.0. The van der Waals surface area contributed by atoms with E-state index in [9.17, 15) is 9.18 Å². The summed E-state index contributed by atoms with van der Waals surface area (Å²) < 4.78 is 18.7. The van der Waals surface area contributed by atoms with Crippen LogP contribution in [0, 0.1) is 5.82 Å². The van der Waals surface area contributed by atoms with Gasteiger partial charge in [0, 0.05) is 4.47 Å². The molecule has 18 heavy (non-hydrogen) atoms. The first-order valence-electron chi connectivity index (χ1n) is 5.33. The maximum absolute atomic E-state index is 13.0. The van der Waals surface area contributed by atoms with Gasteiger partial charge < -0.3 is 4.74 Å². The van der Waals surface area contributed by atoms with Crippen LogP contribution in [0.3, 0.4) is 0 Å². The van der Waals surface area contributed by atoms with Gasteiger partial charge in [0.05, 0.1) is 5.56 Å². The second kappa shape index (κ2) is 5.78. The van der Waals surface area contributed by atoms with Gasteiger partial charge in [0.2, 0.25) is 0 Å². The Morgan fingerprint density at radius 3 is 2.61 bits per heavy atom. The van der Waals surface area contributed by atoms with E-state index in [-0.39, 0.29) is 12.2 Å². The molecule has 2 rings (SSSR count). The van der Waals surface area contributed by atoms with E-state index in [0.717, 1.165) is 11.6 Å². The highest BCUT2D eigenvalue weighted by Gasteiger charge is 2.12. The van der Waals surface area contributed by atoms with Crippen LogP contribution in [0.5, 0.6) is 0 Å². The van der Waals surface area contributed by atoms with E-state index >= 15 is 0 Å². The second-order valence-corrected chi connectivity index (χ2v) is 4.54. The number of carbonyl (C=O) groups excluding carboxylic acids is 1. The van der Waals surface area contributed by atoms with Crippen molar-refractivity contribution < 1.29 is 13.9 Å². The van der Waals surface area contributed by atoms with Crippen molar-refractivity contribution in [1.29, 1.82) is 0 Å². The van der Waals surface area contributed by atoms with Gasteiger partial charge in [0.15, 0.2) is 0 Å². The molecule has 92 valence electrons. The van der Waals surface area contributed by atoms with Gasteiger partial charge in [0.25, 0.3) is 0 Å². The molecule has 0 fully saturated rings. The Morgan fingerprint density at radius 1 is 1.17 bits per heavy atom. The Labute approximate surface area is 113 Å². The Hall–Kier alpha value is -1.68. The summed E-state index contributed by atoms with van der Waals surface area (Å²) in [6.45, 7) is 0.169.